The van der Waals surface area contributed by atoms with Crippen LogP contribution in [0.2, 0.25) is 0 Å². The molecule has 0 spiro atoms. The Balaban J connectivity index is 2.09. The summed E-state index contributed by atoms with van der Waals surface area (Å²) in [5, 5.41) is 13.3. The van der Waals surface area contributed by atoms with Crippen LogP contribution in [0.25, 0.3) is 0 Å². The first-order valence-electron chi connectivity index (χ1n) is 6.31. The molecule has 0 saturated heterocycles. The van der Waals surface area contributed by atoms with Crippen LogP contribution in [0.4, 0.5) is 5.69 Å². The molecule has 96 valence electrons. The van der Waals surface area contributed by atoms with E-state index >= 15 is 0 Å². The number of hydrogen-bond donors (Lipinski definition) is 1. The first-order chi connectivity index (χ1) is 8.72. The number of benzene rings is 1. The topological polar surface area (TPSA) is 35.8 Å². The highest BCUT2D eigenvalue weighted by Crippen LogP contribution is 2.32. The van der Waals surface area contributed by atoms with Crippen LogP contribution in [0, 0.1) is 11.3 Å². The lowest BCUT2D eigenvalue weighted by molar-refractivity contribution is 0.767. The van der Waals surface area contributed by atoms with E-state index in [1.807, 2.05) is 30.0 Å². The van der Waals surface area contributed by atoms with Gasteiger partial charge in [0.25, 0.3) is 0 Å². The molecule has 1 saturated carbocycles. The van der Waals surface area contributed by atoms with Crippen LogP contribution in [0.15, 0.2) is 22.7 Å². The normalized spacial score (nSPS) is 22.7. The maximum absolute atomic E-state index is 8.98. The van der Waals surface area contributed by atoms with E-state index in [1.54, 1.807) is 0 Å². The average molecular weight is 325 g/mol. The maximum atomic E-state index is 8.98. The Morgan fingerprint density at radius 3 is 3.00 bits per heavy atom. The van der Waals surface area contributed by atoms with Crippen LogP contribution in [0.1, 0.15) is 31.7 Å². The van der Waals surface area contributed by atoms with E-state index in [4.69, 9.17) is 5.26 Å². The largest absolute Gasteiger partial charge is 0.381 e. The fourth-order valence-corrected chi connectivity index (χ4v) is 4.15. The highest BCUT2D eigenvalue weighted by molar-refractivity contribution is 9.10. The second kappa shape index (κ2) is 6.49. The molecular weight excluding hydrogens is 308 g/mol. The predicted octanol–water partition coefficient (Wildman–Crippen LogP) is 4.41. The summed E-state index contributed by atoms with van der Waals surface area (Å²) < 4.78 is 0.960. The minimum absolute atomic E-state index is 0.538. The Morgan fingerprint density at radius 2 is 2.28 bits per heavy atom. The molecule has 0 aliphatic heterocycles. The van der Waals surface area contributed by atoms with Gasteiger partial charge in [0.1, 0.15) is 0 Å². The Kier molecular flexibility index (Phi) is 4.96. The summed E-state index contributed by atoms with van der Waals surface area (Å²) >= 11 is 5.49. The average Bonchev–Trinajstić information content (AvgIpc) is 2.76. The monoisotopic (exact) mass is 324 g/mol. The van der Waals surface area contributed by atoms with Crippen molar-refractivity contribution in [2.24, 2.45) is 0 Å². The second-order valence-corrected chi connectivity index (χ2v) is 6.95. The van der Waals surface area contributed by atoms with Gasteiger partial charge in [-0.3, -0.25) is 0 Å². The maximum Gasteiger partial charge on any atom is 0.0992 e. The summed E-state index contributed by atoms with van der Waals surface area (Å²) in [5.74, 6) is 1.17. The van der Waals surface area contributed by atoms with Crippen LogP contribution in [0.3, 0.4) is 0 Å². The molecule has 1 N–H and O–H groups in total. The highest BCUT2D eigenvalue weighted by Gasteiger charge is 2.26. The number of nitriles is 1. The van der Waals surface area contributed by atoms with Gasteiger partial charge in [0.15, 0.2) is 0 Å². The zero-order valence-corrected chi connectivity index (χ0v) is 12.9. The standard InChI is InChI=1S/C14H17BrN2S/c1-2-18-14-5-3-4-13(14)17-12-7-10(9-16)6-11(15)8-12/h6-8,13-14,17H,2-5H2,1H3. The Labute approximate surface area is 121 Å². The van der Waals surface area contributed by atoms with Crippen molar-refractivity contribution in [2.45, 2.75) is 37.5 Å². The molecule has 0 heterocycles. The summed E-state index contributed by atoms with van der Waals surface area (Å²) in [4.78, 5) is 0. The summed E-state index contributed by atoms with van der Waals surface area (Å²) in [6.45, 7) is 2.22. The molecule has 18 heavy (non-hydrogen) atoms. The molecule has 4 heteroatoms. The van der Waals surface area contributed by atoms with E-state index in [0.717, 1.165) is 10.2 Å². The number of hydrogen-bond acceptors (Lipinski definition) is 3. The minimum Gasteiger partial charge on any atom is -0.381 e. The smallest absolute Gasteiger partial charge is 0.0992 e. The Morgan fingerprint density at radius 1 is 1.44 bits per heavy atom. The first kappa shape index (κ1) is 13.8. The fourth-order valence-electron chi connectivity index (χ4n) is 2.46. The third kappa shape index (κ3) is 3.43. The fraction of sp³-hybridized carbons (Fsp3) is 0.500. The molecular formula is C14H17BrN2S. The van der Waals surface area contributed by atoms with E-state index in [9.17, 15) is 0 Å². The Hall–Kier alpha value is -0.660. The van der Waals surface area contributed by atoms with E-state index in [1.165, 1.54) is 25.0 Å². The van der Waals surface area contributed by atoms with Crippen molar-refractivity contribution < 1.29 is 0 Å². The van der Waals surface area contributed by atoms with Crippen molar-refractivity contribution in [1.29, 1.82) is 5.26 Å². The summed E-state index contributed by atoms with van der Waals surface area (Å²) in [7, 11) is 0. The summed E-state index contributed by atoms with van der Waals surface area (Å²) in [6.07, 6.45) is 3.83. The van der Waals surface area contributed by atoms with Gasteiger partial charge in [0.2, 0.25) is 0 Å². The van der Waals surface area contributed by atoms with Crippen molar-refractivity contribution in [3.63, 3.8) is 0 Å². The number of nitrogens with one attached hydrogen (secondary N) is 1. The molecule has 0 amide bonds. The van der Waals surface area contributed by atoms with Crippen molar-refractivity contribution in [1.82, 2.24) is 0 Å². The zero-order chi connectivity index (χ0) is 13.0. The summed E-state index contributed by atoms with van der Waals surface area (Å²) in [5.41, 5.74) is 1.75. The molecule has 0 aromatic heterocycles. The molecule has 2 atom stereocenters. The van der Waals surface area contributed by atoms with Gasteiger partial charge in [-0.1, -0.05) is 29.3 Å². The van der Waals surface area contributed by atoms with E-state index in [2.05, 4.69) is 34.2 Å². The Bertz CT molecular complexity index is 456. The number of halogens is 1. The molecule has 0 bridgehead atoms. The molecule has 2 unspecified atom stereocenters. The lowest BCUT2D eigenvalue weighted by Crippen LogP contribution is -2.26. The minimum atomic E-state index is 0.538. The van der Waals surface area contributed by atoms with Gasteiger partial charge in [-0.25, -0.2) is 0 Å². The van der Waals surface area contributed by atoms with Gasteiger partial charge in [-0.15, -0.1) is 0 Å². The van der Waals surface area contributed by atoms with E-state index in [0.29, 0.717) is 16.9 Å². The third-order valence-electron chi connectivity index (χ3n) is 3.21. The molecule has 1 aliphatic rings. The second-order valence-electron chi connectivity index (χ2n) is 4.52. The van der Waals surface area contributed by atoms with Crippen LogP contribution >= 0.6 is 27.7 Å². The number of rotatable bonds is 4. The van der Waals surface area contributed by atoms with Gasteiger partial charge < -0.3 is 5.32 Å². The molecule has 1 aromatic carbocycles. The van der Waals surface area contributed by atoms with Gasteiger partial charge >= 0.3 is 0 Å². The number of nitrogens with zero attached hydrogens (tertiary/aromatic N) is 1. The lowest BCUT2D eigenvalue weighted by Gasteiger charge is -2.21. The third-order valence-corrected chi connectivity index (χ3v) is 5.00. The molecule has 1 aliphatic carbocycles. The molecule has 0 radical (unpaired) electrons. The van der Waals surface area contributed by atoms with Gasteiger partial charge in [-0.05, 0) is 36.8 Å². The first-order valence-corrected chi connectivity index (χ1v) is 8.16. The molecule has 1 fully saturated rings. The SMILES string of the molecule is CCSC1CCCC1Nc1cc(Br)cc(C#N)c1. The lowest BCUT2D eigenvalue weighted by atomic mass is 10.2. The van der Waals surface area contributed by atoms with Gasteiger partial charge in [0.05, 0.1) is 11.6 Å². The molecule has 2 rings (SSSR count). The van der Waals surface area contributed by atoms with Crippen LogP contribution in [0.5, 0.6) is 0 Å². The van der Waals surface area contributed by atoms with Crippen LogP contribution in [-0.4, -0.2) is 17.0 Å². The number of thioether (sulfide) groups is 1. The van der Waals surface area contributed by atoms with Crippen LogP contribution < -0.4 is 5.32 Å². The van der Waals surface area contributed by atoms with Crippen LogP contribution in [-0.2, 0) is 0 Å². The van der Waals surface area contributed by atoms with Crippen molar-refractivity contribution in [3.8, 4) is 6.07 Å². The van der Waals surface area contributed by atoms with Crippen molar-refractivity contribution >= 4 is 33.4 Å². The van der Waals surface area contributed by atoms with Gasteiger partial charge in [0, 0.05) is 21.5 Å². The predicted molar refractivity (Wildman–Crippen MR) is 82.0 cm³/mol. The number of anilines is 1. The van der Waals surface area contributed by atoms with E-state index in [-0.39, 0.29) is 0 Å². The summed E-state index contributed by atoms with van der Waals surface area (Å²) in [6, 6.07) is 8.55. The quantitative estimate of drug-likeness (QED) is 0.891. The van der Waals surface area contributed by atoms with E-state index < -0.39 is 0 Å². The highest BCUT2D eigenvalue weighted by atomic mass is 79.9. The van der Waals surface area contributed by atoms with Crippen molar-refractivity contribution in [3.05, 3.63) is 28.2 Å². The zero-order valence-electron chi connectivity index (χ0n) is 10.4. The van der Waals surface area contributed by atoms with Gasteiger partial charge in [-0.2, -0.15) is 17.0 Å². The molecule has 2 nitrogen and oxygen atoms in total. The van der Waals surface area contributed by atoms with Crippen molar-refractivity contribution in [2.75, 3.05) is 11.1 Å². The molecule has 1 aromatic rings.